The van der Waals surface area contributed by atoms with Gasteiger partial charge in [0.2, 0.25) is 0 Å². The van der Waals surface area contributed by atoms with Crippen LogP contribution in [0.3, 0.4) is 0 Å². The topological polar surface area (TPSA) is 65.4 Å². The van der Waals surface area contributed by atoms with Crippen molar-refractivity contribution >= 4 is 25.7 Å². The highest BCUT2D eigenvalue weighted by molar-refractivity contribution is 8.13. The Balaban J connectivity index is 3.16. The Labute approximate surface area is 105 Å². The first-order valence-corrected chi connectivity index (χ1v) is 7.42. The number of halogens is 1. The molecule has 0 amide bonds. The molecule has 0 spiro atoms. The Kier molecular flexibility index (Phi) is 4.21. The molecule has 0 aromatic carbocycles. The van der Waals surface area contributed by atoms with Gasteiger partial charge in [-0.15, -0.1) is 0 Å². The number of aromatic nitrogens is 1. The van der Waals surface area contributed by atoms with Crippen LogP contribution < -0.4 is 0 Å². The lowest BCUT2D eigenvalue weighted by Crippen LogP contribution is -2.15. The molecule has 0 radical (unpaired) electrons. The molecule has 0 aliphatic rings. The van der Waals surface area contributed by atoms with Crippen LogP contribution in [-0.4, -0.2) is 25.1 Å². The van der Waals surface area contributed by atoms with Crippen molar-refractivity contribution in [1.82, 2.24) is 4.57 Å². The smallest absolute Gasteiger partial charge is 0.355 e. The summed E-state index contributed by atoms with van der Waals surface area (Å²) in [6.07, 6.45) is 1.05. The van der Waals surface area contributed by atoms with Gasteiger partial charge >= 0.3 is 5.97 Å². The quantitative estimate of drug-likeness (QED) is 0.625. The summed E-state index contributed by atoms with van der Waals surface area (Å²) in [6, 6.07) is 1.22. The van der Waals surface area contributed by atoms with Crippen LogP contribution >= 0.6 is 10.7 Å². The Hall–Kier alpha value is -1.01. The maximum absolute atomic E-state index is 11.7. The highest BCUT2D eigenvalue weighted by Crippen LogP contribution is 2.19. The first-order chi connectivity index (χ1) is 7.75. The Morgan fingerprint density at radius 1 is 1.53 bits per heavy atom. The van der Waals surface area contributed by atoms with Crippen LogP contribution in [0.15, 0.2) is 17.2 Å². The molecular weight excluding hydrogens is 266 g/mol. The van der Waals surface area contributed by atoms with E-state index in [4.69, 9.17) is 15.4 Å². The molecule has 0 aliphatic heterocycles. The summed E-state index contributed by atoms with van der Waals surface area (Å²) in [7, 11) is 1.39. The van der Waals surface area contributed by atoms with Crippen molar-refractivity contribution in [3.05, 3.63) is 18.0 Å². The normalized spacial score (nSPS) is 11.8. The third kappa shape index (κ3) is 3.47. The minimum atomic E-state index is -3.83. The van der Waals surface area contributed by atoms with Gasteiger partial charge in [-0.25, -0.2) is 13.2 Å². The molecule has 5 nitrogen and oxygen atoms in total. The predicted octanol–water partition coefficient (Wildman–Crippen LogP) is 2.00. The van der Waals surface area contributed by atoms with E-state index in [1.54, 1.807) is 20.8 Å². The Morgan fingerprint density at radius 2 is 2.12 bits per heavy atom. The summed E-state index contributed by atoms with van der Waals surface area (Å²) in [4.78, 5) is 11.6. The molecule has 0 N–H and O–H groups in total. The minimum absolute atomic E-state index is 0.100. The highest BCUT2D eigenvalue weighted by Gasteiger charge is 2.20. The third-order valence-electron chi connectivity index (χ3n) is 2.05. The highest BCUT2D eigenvalue weighted by atomic mass is 35.7. The van der Waals surface area contributed by atoms with Crippen molar-refractivity contribution < 1.29 is 17.9 Å². The molecule has 0 fully saturated rings. The fourth-order valence-corrected chi connectivity index (χ4v) is 2.08. The molecule has 1 heterocycles. The van der Waals surface area contributed by atoms with Gasteiger partial charge in [-0.1, -0.05) is 0 Å². The first-order valence-electron chi connectivity index (χ1n) is 5.11. The average Bonchev–Trinajstić information content (AvgIpc) is 2.59. The summed E-state index contributed by atoms with van der Waals surface area (Å²) < 4.78 is 28.8. The number of nitrogens with zero attached hydrogens (tertiary/aromatic N) is 1. The van der Waals surface area contributed by atoms with Gasteiger partial charge in [0.15, 0.2) is 0 Å². The zero-order valence-electron chi connectivity index (χ0n) is 9.81. The molecule has 1 rings (SSSR count). The fourth-order valence-electron chi connectivity index (χ4n) is 1.32. The summed E-state index contributed by atoms with van der Waals surface area (Å²) in [5.74, 6) is -0.562. The molecule has 0 saturated carbocycles. The second-order valence-corrected chi connectivity index (χ2v) is 6.30. The molecule has 0 bridgehead atoms. The van der Waals surface area contributed by atoms with Crippen LogP contribution in [0.4, 0.5) is 0 Å². The molecule has 17 heavy (non-hydrogen) atoms. The van der Waals surface area contributed by atoms with Gasteiger partial charge in [-0.3, -0.25) is 0 Å². The standard InChI is InChI=1S/C10H14ClNO4S/c1-4-12-6-8(17(11,14)15)5-9(12)10(13)16-7(2)3/h5-7H,4H2,1-3H3. The van der Waals surface area contributed by atoms with E-state index in [0.29, 0.717) is 6.54 Å². The van der Waals surface area contributed by atoms with Gasteiger partial charge in [-0.05, 0) is 26.8 Å². The van der Waals surface area contributed by atoms with E-state index in [1.165, 1.54) is 16.8 Å². The van der Waals surface area contributed by atoms with Gasteiger partial charge in [0, 0.05) is 23.4 Å². The summed E-state index contributed by atoms with van der Waals surface area (Å²) in [5, 5.41) is 0. The van der Waals surface area contributed by atoms with Crippen molar-refractivity contribution in [1.29, 1.82) is 0 Å². The zero-order chi connectivity index (χ0) is 13.2. The molecule has 0 atom stereocenters. The van der Waals surface area contributed by atoms with E-state index in [9.17, 15) is 13.2 Å². The number of aryl methyl sites for hydroxylation is 1. The maximum Gasteiger partial charge on any atom is 0.355 e. The largest absolute Gasteiger partial charge is 0.458 e. The van der Waals surface area contributed by atoms with Gasteiger partial charge in [-0.2, -0.15) is 0 Å². The van der Waals surface area contributed by atoms with E-state index in [2.05, 4.69) is 0 Å². The van der Waals surface area contributed by atoms with Crippen molar-refractivity contribution in [2.45, 2.75) is 38.3 Å². The lowest BCUT2D eigenvalue weighted by Gasteiger charge is -2.09. The Morgan fingerprint density at radius 3 is 2.53 bits per heavy atom. The van der Waals surface area contributed by atoms with E-state index < -0.39 is 15.0 Å². The van der Waals surface area contributed by atoms with Gasteiger partial charge in [0.05, 0.1) is 6.10 Å². The van der Waals surface area contributed by atoms with Crippen LogP contribution in [-0.2, 0) is 20.3 Å². The van der Waals surface area contributed by atoms with Gasteiger partial charge < -0.3 is 9.30 Å². The second-order valence-electron chi connectivity index (χ2n) is 3.74. The molecule has 96 valence electrons. The lowest BCUT2D eigenvalue weighted by atomic mass is 10.4. The zero-order valence-corrected chi connectivity index (χ0v) is 11.4. The SMILES string of the molecule is CCn1cc(S(=O)(=O)Cl)cc1C(=O)OC(C)C. The number of ether oxygens (including phenoxy) is 1. The van der Waals surface area contributed by atoms with Crippen LogP contribution in [0.2, 0.25) is 0 Å². The van der Waals surface area contributed by atoms with Crippen molar-refractivity contribution in [2.75, 3.05) is 0 Å². The number of carbonyl (C=O) groups excluding carboxylic acids is 1. The number of rotatable bonds is 4. The fraction of sp³-hybridized carbons (Fsp3) is 0.500. The van der Waals surface area contributed by atoms with Crippen LogP contribution in [0.5, 0.6) is 0 Å². The van der Waals surface area contributed by atoms with E-state index in [-0.39, 0.29) is 16.7 Å². The molecule has 0 unspecified atom stereocenters. The van der Waals surface area contributed by atoms with Crippen molar-refractivity contribution in [3.63, 3.8) is 0 Å². The molecule has 0 saturated heterocycles. The summed E-state index contributed by atoms with van der Waals surface area (Å²) >= 11 is 0. The molecule has 1 aromatic heterocycles. The Bertz CT molecular complexity index is 518. The van der Waals surface area contributed by atoms with Crippen LogP contribution in [0, 0.1) is 0 Å². The van der Waals surface area contributed by atoms with Crippen molar-refractivity contribution in [2.24, 2.45) is 0 Å². The first kappa shape index (κ1) is 14.1. The van der Waals surface area contributed by atoms with E-state index in [1.807, 2.05) is 0 Å². The van der Waals surface area contributed by atoms with Gasteiger partial charge in [0.1, 0.15) is 10.6 Å². The summed E-state index contributed by atoms with van der Waals surface area (Å²) in [5.41, 5.74) is 0.181. The average molecular weight is 280 g/mol. The predicted molar refractivity (Wildman–Crippen MR) is 63.7 cm³/mol. The third-order valence-corrected chi connectivity index (χ3v) is 3.37. The van der Waals surface area contributed by atoms with E-state index in [0.717, 1.165) is 0 Å². The molecule has 1 aromatic rings. The molecular formula is C10H14ClNO4S. The minimum Gasteiger partial charge on any atom is -0.458 e. The van der Waals surface area contributed by atoms with Gasteiger partial charge in [0.25, 0.3) is 9.05 Å². The van der Waals surface area contributed by atoms with Crippen LogP contribution in [0.25, 0.3) is 0 Å². The van der Waals surface area contributed by atoms with Crippen LogP contribution in [0.1, 0.15) is 31.3 Å². The van der Waals surface area contributed by atoms with Crippen molar-refractivity contribution in [3.8, 4) is 0 Å². The number of carbonyl (C=O) groups is 1. The lowest BCUT2D eigenvalue weighted by molar-refractivity contribution is 0.0365. The summed E-state index contributed by atoms with van der Waals surface area (Å²) in [6.45, 7) is 5.68. The number of esters is 1. The second kappa shape index (κ2) is 5.10. The monoisotopic (exact) mass is 279 g/mol. The number of hydrogen-bond donors (Lipinski definition) is 0. The molecule has 0 aliphatic carbocycles. The molecule has 7 heteroatoms. The number of hydrogen-bond acceptors (Lipinski definition) is 4. The van der Waals surface area contributed by atoms with E-state index >= 15 is 0 Å². The maximum atomic E-state index is 11.7.